The summed E-state index contributed by atoms with van der Waals surface area (Å²) in [5.74, 6) is -0.868. The highest BCUT2D eigenvalue weighted by molar-refractivity contribution is 5.71. The zero-order valence-electron chi connectivity index (χ0n) is 49.8. The van der Waals surface area contributed by atoms with E-state index in [4.69, 9.17) is 14.2 Å². The number of carbonyl (C=O) groups is 3. The van der Waals surface area contributed by atoms with E-state index in [1.807, 2.05) is 0 Å². The van der Waals surface area contributed by atoms with Gasteiger partial charge in [-0.3, -0.25) is 14.4 Å². The Morgan fingerprint density at radius 2 is 0.520 bits per heavy atom. The molecule has 1 atom stereocenters. The predicted molar refractivity (Wildman–Crippen MR) is 325 cm³/mol. The van der Waals surface area contributed by atoms with Crippen molar-refractivity contribution in [1.82, 2.24) is 0 Å². The van der Waals surface area contributed by atoms with Gasteiger partial charge in [0.25, 0.3) is 0 Å². The van der Waals surface area contributed by atoms with Crippen LogP contribution in [0.4, 0.5) is 0 Å². The third-order valence-corrected chi connectivity index (χ3v) is 14.2. The smallest absolute Gasteiger partial charge is 0.306 e. The summed E-state index contributed by atoms with van der Waals surface area (Å²) in [6.07, 6.45) is 82.0. The topological polar surface area (TPSA) is 78.9 Å². The van der Waals surface area contributed by atoms with Crippen LogP contribution in [0.15, 0.2) is 72.9 Å². The van der Waals surface area contributed by atoms with Crippen molar-refractivity contribution < 1.29 is 28.6 Å². The number of hydrogen-bond acceptors (Lipinski definition) is 6. The highest BCUT2D eigenvalue weighted by Crippen LogP contribution is 2.17. The quantitative estimate of drug-likeness (QED) is 0.0261. The van der Waals surface area contributed by atoms with E-state index < -0.39 is 6.10 Å². The van der Waals surface area contributed by atoms with Gasteiger partial charge >= 0.3 is 17.9 Å². The molecule has 0 aliphatic carbocycles. The molecule has 6 nitrogen and oxygen atoms in total. The second-order valence-electron chi connectivity index (χ2n) is 21.6. The van der Waals surface area contributed by atoms with Crippen molar-refractivity contribution in [2.45, 2.75) is 335 Å². The molecule has 6 heteroatoms. The summed E-state index contributed by atoms with van der Waals surface area (Å²) >= 11 is 0. The molecule has 0 radical (unpaired) electrons. The Labute approximate surface area is 465 Å². The summed E-state index contributed by atoms with van der Waals surface area (Å²) < 4.78 is 16.9. The van der Waals surface area contributed by atoms with Crippen LogP contribution in [0.1, 0.15) is 329 Å². The number of carbonyl (C=O) groups excluding carboxylic acids is 3. The van der Waals surface area contributed by atoms with Crippen molar-refractivity contribution in [2.75, 3.05) is 13.2 Å². The maximum absolute atomic E-state index is 12.9. The maximum atomic E-state index is 12.9. The van der Waals surface area contributed by atoms with E-state index in [2.05, 4.69) is 93.7 Å². The molecule has 0 saturated heterocycles. The fraction of sp³-hybridized carbons (Fsp3) is 0.783. The molecule has 0 N–H and O–H groups in total. The van der Waals surface area contributed by atoms with Gasteiger partial charge in [0.2, 0.25) is 0 Å². The summed E-state index contributed by atoms with van der Waals surface area (Å²) in [5, 5.41) is 0. The lowest BCUT2D eigenvalue weighted by atomic mass is 10.0. The molecule has 0 rings (SSSR count). The van der Waals surface area contributed by atoms with Gasteiger partial charge in [0.1, 0.15) is 13.2 Å². The fourth-order valence-electron chi connectivity index (χ4n) is 9.35. The normalized spacial score (nSPS) is 12.5. The molecule has 0 aromatic heterocycles. The third kappa shape index (κ3) is 61.6. The van der Waals surface area contributed by atoms with Gasteiger partial charge in [-0.15, -0.1) is 0 Å². The van der Waals surface area contributed by atoms with Gasteiger partial charge in [-0.2, -0.15) is 0 Å². The average molecular weight is 1050 g/mol. The van der Waals surface area contributed by atoms with Crippen LogP contribution < -0.4 is 0 Å². The van der Waals surface area contributed by atoms with Gasteiger partial charge in [0.15, 0.2) is 6.10 Å². The van der Waals surface area contributed by atoms with Crippen molar-refractivity contribution in [3.05, 3.63) is 72.9 Å². The minimum absolute atomic E-state index is 0.0743. The zero-order valence-corrected chi connectivity index (χ0v) is 49.8. The molecule has 0 aliphatic heterocycles. The Morgan fingerprint density at radius 1 is 0.280 bits per heavy atom. The molecule has 0 heterocycles. The minimum atomic E-state index is -0.777. The van der Waals surface area contributed by atoms with Gasteiger partial charge in [0, 0.05) is 19.3 Å². The van der Waals surface area contributed by atoms with E-state index >= 15 is 0 Å². The first-order chi connectivity index (χ1) is 37.0. The largest absolute Gasteiger partial charge is 0.462 e. The summed E-state index contributed by atoms with van der Waals surface area (Å²) in [4.78, 5) is 38.3. The molecule has 0 aliphatic rings. The molecule has 75 heavy (non-hydrogen) atoms. The molecule has 0 amide bonds. The molecule has 0 fully saturated rings. The van der Waals surface area contributed by atoms with Crippen LogP contribution in [0.25, 0.3) is 0 Å². The van der Waals surface area contributed by atoms with Gasteiger partial charge in [-0.1, -0.05) is 293 Å². The predicted octanol–water partition coefficient (Wildman–Crippen LogP) is 22.1. The van der Waals surface area contributed by atoms with Crippen LogP contribution in [0.2, 0.25) is 0 Å². The highest BCUT2D eigenvalue weighted by atomic mass is 16.6. The molecular formula is C69H122O6. The Morgan fingerprint density at radius 3 is 0.827 bits per heavy atom. The Bertz CT molecular complexity index is 1390. The fourth-order valence-corrected chi connectivity index (χ4v) is 9.35. The van der Waals surface area contributed by atoms with E-state index in [0.717, 1.165) is 96.3 Å². The van der Waals surface area contributed by atoms with Crippen LogP contribution >= 0.6 is 0 Å². The molecule has 0 aromatic rings. The lowest BCUT2D eigenvalue weighted by Gasteiger charge is -2.18. The third-order valence-electron chi connectivity index (χ3n) is 14.2. The first-order valence-electron chi connectivity index (χ1n) is 32.4. The van der Waals surface area contributed by atoms with Gasteiger partial charge < -0.3 is 14.2 Å². The van der Waals surface area contributed by atoms with E-state index in [0.29, 0.717) is 19.3 Å². The van der Waals surface area contributed by atoms with Crippen LogP contribution in [0.3, 0.4) is 0 Å². The highest BCUT2D eigenvalue weighted by Gasteiger charge is 2.19. The summed E-state index contributed by atoms with van der Waals surface area (Å²) in [6.45, 7) is 6.55. The minimum Gasteiger partial charge on any atom is -0.462 e. The molecule has 434 valence electrons. The SMILES string of the molecule is CC/C=C\C/C=C\C/C=C\C/C=C\C/C=C\CCCCCCCCCCCCCCCC(=O)OCC(COC(=O)CCCCCCCCCCCCCCCC)OC(=O)CCCCCCC/C=C\CCCCCCC. The molecule has 0 saturated carbocycles. The first-order valence-corrected chi connectivity index (χ1v) is 32.4. The van der Waals surface area contributed by atoms with Crippen molar-refractivity contribution >= 4 is 17.9 Å². The van der Waals surface area contributed by atoms with E-state index in [1.165, 1.54) is 193 Å². The van der Waals surface area contributed by atoms with Crippen LogP contribution in [0.5, 0.6) is 0 Å². The van der Waals surface area contributed by atoms with E-state index in [1.54, 1.807) is 0 Å². The van der Waals surface area contributed by atoms with Crippen LogP contribution in [-0.2, 0) is 28.6 Å². The second kappa shape index (κ2) is 63.4. The van der Waals surface area contributed by atoms with Gasteiger partial charge in [-0.25, -0.2) is 0 Å². The van der Waals surface area contributed by atoms with Crippen molar-refractivity contribution in [2.24, 2.45) is 0 Å². The lowest BCUT2D eigenvalue weighted by molar-refractivity contribution is -0.167. The summed E-state index contributed by atoms with van der Waals surface area (Å²) in [7, 11) is 0. The number of esters is 3. The lowest BCUT2D eigenvalue weighted by Crippen LogP contribution is -2.30. The molecule has 0 aromatic carbocycles. The van der Waals surface area contributed by atoms with Gasteiger partial charge in [0.05, 0.1) is 0 Å². The molecular weight excluding hydrogens is 925 g/mol. The molecule has 0 spiro atoms. The number of unbranched alkanes of at least 4 members (excludes halogenated alkanes) is 36. The van der Waals surface area contributed by atoms with E-state index in [9.17, 15) is 14.4 Å². The Balaban J connectivity index is 4.22. The van der Waals surface area contributed by atoms with Crippen molar-refractivity contribution in [1.29, 1.82) is 0 Å². The number of rotatable bonds is 59. The van der Waals surface area contributed by atoms with E-state index in [-0.39, 0.29) is 31.1 Å². The first kappa shape index (κ1) is 71.8. The van der Waals surface area contributed by atoms with Crippen molar-refractivity contribution in [3.8, 4) is 0 Å². The Kier molecular flexibility index (Phi) is 60.7. The maximum Gasteiger partial charge on any atom is 0.306 e. The summed E-state index contributed by atoms with van der Waals surface area (Å²) in [6, 6.07) is 0. The van der Waals surface area contributed by atoms with Crippen LogP contribution in [0, 0.1) is 0 Å². The van der Waals surface area contributed by atoms with Gasteiger partial charge in [-0.05, 0) is 89.9 Å². The number of hydrogen-bond donors (Lipinski definition) is 0. The Hall–Kier alpha value is -3.15. The number of allylic oxidation sites excluding steroid dienone is 12. The van der Waals surface area contributed by atoms with Crippen LogP contribution in [-0.4, -0.2) is 37.2 Å². The molecule has 1 unspecified atom stereocenters. The standard InChI is InChI=1S/C69H122O6/c1-4-7-10-13-16-19-22-25-28-29-30-31-32-33-34-35-36-37-38-39-40-41-42-45-47-50-53-56-59-62-68(71)74-65-66(75-69(72)63-60-57-54-51-48-44-27-24-21-18-15-12-9-6-3)64-73-67(70)61-58-55-52-49-46-43-26-23-20-17-14-11-8-5-2/h7,10,16,19,24-25,27-28,30-31,33-34,66H,4-6,8-9,11-15,17-18,20-23,26,29,32,35-65H2,1-3H3/b10-7-,19-16-,27-24-,28-25-,31-30-,34-33-. The second-order valence-corrected chi connectivity index (χ2v) is 21.6. The monoisotopic (exact) mass is 1050 g/mol. The summed E-state index contributed by atoms with van der Waals surface area (Å²) in [5.41, 5.74) is 0. The zero-order chi connectivity index (χ0) is 54.3. The average Bonchev–Trinajstić information content (AvgIpc) is 3.41. The number of ether oxygens (including phenoxy) is 3. The molecule has 0 bridgehead atoms. The van der Waals surface area contributed by atoms with Crippen molar-refractivity contribution in [3.63, 3.8) is 0 Å².